The number of carbonyl (C=O) groups excluding carboxylic acids is 1. The topological polar surface area (TPSA) is 85.7 Å². The fourth-order valence-corrected chi connectivity index (χ4v) is 3.83. The van der Waals surface area contributed by atoms with Gasteiger partial charge >= 0.3 is 0 Å². The van der Waals surface area contributed by atoms with E-state index in [1.54, 1.807) is 44.7 Å². The van der Waals surface area contributed by atoms with Crippen LogP contribution >= 0.6 is 0 Å². The molecule has 4 rings (SSSR count). The number of hydrogen-bond acceptors (Lipinski definition) is 6. The first-order valence-electron chi connectivity index (χ1n) is 10.5. The number of amides is 1. The van der Waals surface area contributed by atoms with Gasteiger partial charge in [0.25, 0.3) is 5.56 Å². The van der Waals surface area contributed by atoms with Crippen LogP contribution in [0.5, 0.6) is 11.5 Å². The Bertz CT molecular complexity index is 1150. The van der Waals surface area contributed by atoms with E-state index >= 15 is 0 Å². The highest BCUT2D eigenvalue weighted by Gasteiger charge is 2.29. The SMILES string of the molecule is COc1ccc(OC)c(NC(=O)C2CCN(c3cnn(Cc4ccccc4)c(=O)c3)C2)c1. The number of nitrogens with one attached hydrogen (secondary N) is 1. The van der Waals surface area contributed by atoms with Gasteiger partial charge in [0.1, 0.15) is 11.5 Å². The van der Waals surface area contributed by atoms with Crippen molar-refractivity contribution in [2.45, 2.75) is 13.0 Å². The van der Waals surface area contributed by atoms with E-state index in [4.69, 9.17) is 9.47 Å². The Morgan fingerprint density at radius 2 is 1.94 bits per heavy atom. The van der Waals surface area contributed by atoms with Gasteiger partial charge < -0.3 is 19.7 Å². The second-order valence-electron chi connectivity index (χ2n) is 7.68. The van der Waals surface area contributed by atoms with Crippen LogP contribution in [0.15, 0.2) is 65.6 Å². The molecule has 1 aliphatic rings. The molecule has 1 atom stereocenters. The van der Waals surface area contributed by atoms with E-state index in [1.165, 1.54) is 4.68 Å². The van der Waals surface area contributed by atoms with Gasteiger partial charge in [-0.1, -0.05) is 30.3 Å². The molecular weight excluding hydrogens is 408 g/mol. The van der Waals surface area contributed by atoms with Crippen LogP contribution in [0.2, 0.25) is 0 Å². The summed E-state index contributed by atoms with van der Waals surface area (Å²) in [6.07, 6.45) is 2.38. The van der Waals surface area contributed by atoms with Crippen LogP contribution < -0.4 is 25.2 Å². The molecule has 32 heavy (non-hydrogen) atoms. The summed E-state index contributed by atoms with van der Waals surface area (Å²) in [5, 5.41) is 7.27. The summed E-state index contributed by atoms with van der Waals surface area (Å²) < 4.78 is 12.0. The molecule has 0 aliphatic carbocycles. The Morgan fingerprint density at radius 1 is 1.12 bits per heavy atom. The molecule has 1 unspecified atom stereocenters. The average molecular weight is 434 g/mol. The van der Waals surface area contributed by atoms with Crippen LogP contribution in [0.3, 0.4) is 0 Å². The van der Waals surface area contributed by atoms with Crippen molar-refractivity contribution in [3.63, 3.8) is 0 Å². The summed E-state index contributed by atoms with van der Waals surface area (Å²) in [5.41, 5.74) is 2.15. The van der Waals surface area contributed by atoms with Crippen LogP contribution in [-0.2, 0) is 11.3 Å². The summed E-state index contributed by atoms with van der Waals surface area (Å²) in [6.45, 7) is 1.62. The molecule has 2 aromatic carbocycles. The Kier molecular flexibility index (Phi) is 6.39. The average Bonchev–Trinajstić information content (AvgIpc) is 3.31. The molecule has 1 N–H and O–H groups in total. The van der Waals surface area contributed by atoms with Crippen molar-refractivity contribution in [1.29, 1.82) is 0 Å². The molecule has 0 saturated carbocycles. The fraction of sp³-hybridized carbons (Fsp3) is 0.292. The third-order valence-corrected chi connectivity index (χ3v) is 5.62. The van der Waals surface area contributed by atoms with Crippen LogP contribution in [0.4, 0.5) is 11.4 Å². The lowest BCUT2D eigenvalue weighted by atomic mass is 10.1. The minimum absolute atomic E-state index is 0.0931. The normalized spacial score (nSPS) is 15.4. The Balaban J connectivity index is 1.42. The molecule has 1 amide bonds. The van der Waals surface area contributed by atoms with Gasteiger partial charge in [0.2, 0.25) is 5.91 Å². The van der Waals surface area contributed by atoms with E-state index in [9.17, 15) is 9.59 Å². The van der Waals surface area contributed by atoms with Gasteiger partial charge in [0, 0.05) is 25.2 Å². The van der Waals surface area contributed by atoms with Crippen molar-refractivity contribution >= 4 is 17.3 Å². The maximum Gasteiger partial charge on any atom is 0.269 e. The van der Waals surface area contributed by atoms with Gasteiger partial charge in [-0.15, -0.1) is 0 Å². The van der Waals surface area contributed by atoms with Crippen molar-refractivity contribution < 1.29 is 14.3 Å². The lowest BCUT2D eigenvalue weighted by Gasteiger charge is -2.19. The van der Waals surface area contributed by atoms with E-state index < -0.39 is 0 Å². The van der Waals surface area contributed by atoms with E-state index in [1.807, 2.05) is 35.2 Å². The van der Waals surface area contributed by atoms with Crippen molar-refractivity contribution in [2.75, 3.05) is 37.5 Å². The molecule has 0 spiro atoms. The predicted molar refractivity (Wildman–Crippen MR) is 123 cm³/mol. The molecule has 1 aromatic heterocycles. The molecule has 2 heterocycles. The van der Waals surface area contributed by atoms with Gasteiger partial charge in [0.05, 0.1) is 44.3 Å². The van der Waals surface area contributed by atoms with Crippen LogP contribution in [0, 0.1) is 5.92 Å². The molecule has 1 aliphatic heterocycles. The lowest BCUT2D eigenvalue weighted by Crippen LogP contribution is -2.29. The fourth-order valence-electron chi connectivity index (χ4n) is 3.83. The first-order valence-corrected chi connectivity index (χ1v) is 10.5. The molecule has 166 valence electrons. The standard InChI is InChI=1S/C24H26N4O4/c1-31-20-8-9-22(32-2)21(13-20)26-24(30)18-10-11-27(16-18)19-12-23(29)28(25-14-19)15-17-6-4-3-5-7-17/h3-9,12-14,18H,10-11,15-16H2,1-2H3,(H,26,30). The zero-order valence-electron chi connectivity index (χ0n) is 18.2. The van der Waals surface area contributed by atoms with Crippen molar-refractivity contribution in [2.24, 2.45) is 5.92 Å². The van der Waals surface area contributed by atoms with E-state index in [0.717, 1.165) is 11.3 Å². The summed E-state index contributed by atoms with van der Waals surface area (Å²) in [6, 6.07) is 16.6. The number of anilines is 2. The smallest absolute Gasteiger partial charge is 0.269 e. The van der Waals surface area contributed by atoms with Crippen LogP contribution in [0.1, 0.15) is 12.0 Å². The lowest BCUT2D eigenvalue weighted by molar-refractivity contribution is -0.119. The molecule has 1 saturated heterocycles. The van der Waals surface area contributed by atoms with E-state index in [0.29, 0.717) is 43.2 Å². The zero-order chi connectivity index (χ0) is 22.5. The van der Waals surface area contributed by atoms with Crippen molar-refractivity contribution in [3.05, 3.63) is 76.7 Å². The number of nitrogens with zero attached hydrogens (tertiary/aromatic N) is 3. The molecule has 1 fully saturated rings. The van der Waals surface area contributed by atoms with E-state index in [-0.39, 0.29) is 17.4 Å². The molecular formula is C24H26N4O4. The first kappa shape index (κ1) is 21.4. The second kappa shape index (κ2) is 9.55. The van der Waals surface area contributed by atoms with Gasteiger partial charge in [-0.05, 0) is 24.1 Å². The summed E-state index contributed by atoms with van der Waals surface area (Å²) in [7, 11) is 3.13. The maximum absolute atomic E-state index is 12.9. The van der Waals surface area contributed by atoms with E-state index in [2.05, 4.69) is 10.4 Å². The minimum Gasteiger partial charge on any atom is -0.497 e. The zero-order valence-corrected chi connectivity index (χ0v) is 18.2. The predicted octanol–water partition coefficient (Wildman–Crippen LogP) is 2.77. The number of aromatic nitrogens is 2. The Labute approximate surface area is 186 Å². The highest BCUT2D eigenvalue weighted by atomic mass is 16.5. The number of benzene rings is 2. The molecule has 0 radical (unpaired) electrons. The number of methoxy groups -OCH3 is 2. The maximum atomic E-state index is 12.9. The quantitative estimate of drug-likeness (QED) is 0.616. The van der Waals surface area contributed by atoms with Crippen molar-refractivity contribution in [3.8, 4) is 11.5 Å². The van der Waals surface area contributed by atoms with Gasteiger partial charge in [0.15, 0.2) is 0 Å². The second-order valence-corrected chi connectivity index (χ2v) is 7.68. The van der Waals surface area contributed by atoms with Gasteiger partial charge in [-0.3, -0.25) is 9.59 Å². The van der Waals surface area contributed by atoms with Crippen molar-refractivity contribution in [1.82, 2.24) is 9.78 Å². The molecule has 8 nitrogen and oxygen atoms in total. The van der Waals surface area contributed by atoms with Gasteiger partial charge in [-0.25, -0.2) is 4.68 Å². The number of carbonyl (C=O) groups is 1. The Morgan fingerprint density at radius 3 is 2.66 bits per heavy atom. The summed E-state index contributed by atoms with van der Waals surface area (Å²) in [4.78, 5) is 27.4. The number of rotatable bonds is 7. The summed E-state index contributed by atoms with van der Waals surface area (Å²) >= 11 is 0. The largest absolute Gasteiger partial charge is 0.497 e. The Hall–Kier alpha value is -3.81. The third kappa shape index (κ3) is 4.74. The molecule has 0 bridgehead atoms. The minimum atomic E-state index is -0.211. The van der Waals surface area contributed by atoms with Gasteiger partial charge in [-0.2, -0.15) is 5.10 Å². The number of hydrogen-bond donors (Lipinski definition) is 1. The molecule has 8 heteroatoms. The highest BCUT2D eigenvalue weighted by Crippen LogP contribution is 2.30. The third-order valence-electron chi connectivity index (χ3n) is 5.62. The van der Waals surface area contributed by atoms with Crippen LogP contribution in [0.25, 0.3) is 0 Å². The molecule has 3 aromatic rings. The van der Waals surface area contributed by atoms with Crippen LogP contribution in [-0.4, -0.2) is 43.0 Å². The summed E-state index contributed by atoms with van der Waals surface area (Å²) in [5.74, 6) is 0.901. The number of ether oxygens (including phenoxy) is 2. The monoisotopic (exact) mass is 434 g/mol. The first-order chi connectivity index (χ1) is 15.6. The highest BCUT2D eigenvalue weighted by molar-refractivity contribution is 5.95.